The van der Waals surface area contributed by atoms with Crippen LogP contribution in [0.5, 0.6) is 5.75 Å². The first-order valence-electron chi connectivity index (χ1n) is 3.52. The highest BCUT2D eigenvalue weighted by Gasteiger charge is 2.16. The first kappa shape index (κ1) is 10.7. The van der Waals surface area contributed by atoms with Crippen LogP contribution < -0.4 is 4.74 Å². The van der Waals surface area contributed by atoms with E-state index >= 15 is 0 Å². The van der Waals surface area contributed by atoms with Crippen molar-refractivity contribution >= 4 is 11.6 Å². The van der Waals surface area contributed by atoms with Gasteiger partial charge in [-0.25, -0.2) is 13.8 Å². The number of nitrogens with zero attached hydrogens (tertiary/aromatic N) is 2. The van der Waals surface area contributed by atoms with E-state index in [1.165, 1.54) is 7.11 Å². The quantitative estimate of drug-likeness (QED) is 0.717. The van der Waals surface area contributed by atoms with Crippen LogP contribution >= 0.6 is 11.6 Å². The average molecular weight is 219 g/mol. The fraction of sp³-hybridized carbons (Fsp3) is 0.250. The molecule has 1 aromatic heterocycles. The molecule has 6 heteroatoms. The maximum absolute atomic E-state index is 12.2. The van der Waals surface area contributed by atoms with Gasteiger partial charge >= 0.3 is 0 Å². The Morgan fingerprint density at radius 2 is 2.29 bits per heavy atom. The van der Waals surface area contributed by atoms with Crippen molar-refractivity contribution < 1.29 is 13.5 Å². The minimum atomic E-state index is -2.74. The molecular formula is C8H5ClF2N2O. The van der Waals surface area contributed by atoms with Crippen LogP contribution in [-0.4, -0.2) is 12.1 Å². The second kappa shape index (κ2) is 4.20. The molecule has 0 aliphatic heterocycles. The SMILES string of the molecule is COc1cc(C(F)F)nc(Cl)c1C#N. The Hall–Kier alpha value is -1.41. The van der Waals surface area contributed by atoms with Crippen LogP contribution in [0.4, 0.5) is 8.78 Å². The highest BCUT2D eigenvalue weighted by atomic mass is 35.5. The van der Waals surface area contributed by atoms with Crippen molar-refractivity contribution in [3.8, 4) is 11.8 Å². The van der Waals surface area contributed by atoms with Crippen LogP contribution in [0.15, 0.2) is 6.07 Å². The second-order valence-corrected chi connectivity index (χ2v) is 2.69. The molecule has 14 heavy (non-hydrogen) atoms. The molecular weight excluding hydrogens is 214 g/mol. The van der Waals surface area contributed by atoms with Gasteiger partial charge in [-0.2, -0.15) is 5.26 Å². The first-order valence-corrected chi connectivity index (χ1v) is 3.90. The maximum atomic E-state index is 12.2. The summed E-state index contributed by atoms with van der Waals surface area (Å²) >= 11 is 5.51. The molecule has 0 saturated heterocycles. The summed E-state index contributed by atoms with van der Waals surface area (Å²) in [6.07, 6.45) is -2.74. The summed E-state index contributed by atoms with van der Waals surface area (Å²) in [4.78, 5) is 3.37. The summed E-state index contributed by atoms with van der Waals surface area (Å²) in [5.41, 5.74) is -0.551. The van der Waals surface area contributed by atoms with Gasteiger partial charge in [0.15, 0.2) is 5.15 Å². The fourth-order valence-electron chi connectivity index (χ4n) is 0.884. The van der Waals surface area contributed by atoms with Crippen LogP contribution in [0, 0.1) is 11.3 Å². The molecule has 1 rings (SSSR count). The zero-order valence-corrected chi connectivity index (χ0v) is 7.85. The lowest BCUT2D eigenvalue weighted by Crippen LogP contribution is -1.97. The predicted molar refractivity (Wildman–Crippen MR) is 45.5 cm³/mol. The summed E-state index contributed by atoms with van der Waals surface area (Å²) in [5, 5.41) is 8.34. The van der Waals surface area contributed by atoms with E-state index in [-0.39, 0.29) is 16.5 Å². The predicted octanol–water partition coefficient (Wildman–Crippen LogP) is 2.55. The second-order valence-electron chi connectivity index (χ2n) is 2.33. The lowest BCUT2D eigenvalue weighted by Gasteiger charge is -2.06. The largest absolute Gasteiger partial charge is 0.495 e. The molecule has 0 bridgehead atoms. The molecule has 1 heterocycles. The first-order chi connectivity index (χ1) is 6.60. The minimum absolute atomic E-state index is 0.00259. The monoisotopic (exact) mass is 218 g/mol. The van der Waals surface area contributed by atoms with Gasteiger partial charge < -0.3 is 4.74 Å². The van der Waals surface area contributed by atoms with E-state index in [2.05, 4.69) is 4.98 Å². The van der Waals surface area contributed by atoms with Gasteiger partial charge in [-0.3, -0.25) is 0 Å². The topological polar surface area (TPSA) is 45.9 Å². The highest BCUT2D eigenvalue weighted by Crippen LogP contribution is 2.28. The minimum Gasteiger partial charge on any atom is -0.495 e. The van der Waals surface area contributed by atoms with Crippen molar-refractivity contribution in [1.82, 2.24) is 4.98 Å². The van der Waals surface area contributed by atoms with Crippen LogP contribution in [-0.2, 0) is 0 Å². The number of hydrogen-bond donors (Lipinski definition) is 0. The normalized spacial score (nSPS) is 10.0. The molecule has 74 valence electrons. The summed E-state index contributed by atoms with van der Waals surface area (Å²) in [6.45, 7) is 0. The standard InChI is InChI=1S/C8H5ClF2N2O/c1-14-6-2-5(8(10)11)13-7(9)4(6)3-12/h2,8H,1H3. The molecule has 0 saturated carbocycles. The van der Waals surface area contributed by atoms with Crippen LogP contribution in [0.1, 0.15) is 17.7 Å². The smallest absolute Gasteiger partial charge is 0.280 e. The van der Waals surface area contributed by atoms with Crippen LogP contribution in [0.25, 0.3) is 0 Å². The van der Waals surface area contributed by atoms with E-state index in [0.29, 0.717) is 0 Å². The van der Waals surface area contributed by atoms with Gasteiger partial charge in [-0.1, -0.05) is 11.6 Å². The Bertz CT molecular complexity index is 390. The molecule has 0 aromatic carbocycles. The number of halogens is 3. The van der Waals surface area contributed by atoms with Crippen LogP contribution in [0.2, 0.25) is 5.15 Å². The Morgan fingerprint density at radius 1 is 1.64 bits per heavy atom. The molecule has 0 fully saturated rings. The molecule has 0 spiro atoms. The third-order valence-corrected chi connectivity index (χ3v) is 1.79. The van der Waals surface area contributed by atoms with Gasteiger partial charge in [0.1, 0.15) is 23.1 Å². The Balaban J connectivity index is 3.33. The van der Waals surface area contributed by atoms with Gasteiger partial charge in [0.25, 0.3) is 6.43 Å². The van der Waals surface area contributed by atoms with E-state index in [1.54, 1.807) is 6.07 Å². The van der Waals surface area contributed by atoms with Gasteiger partial charge in [0, 0.05) is 6.07 Å². The molecule has 0 amide bonds. The van der Waals surface area contributed by atoms with Crippen molar-refractivity contribution in [2.45, 2.75) is 6.43 Å². The van der Waals surface area contributed by atoms with Crippen LogP contribution in [0.3, 0.4) is 0 Å². The van der Waals surface area contributed by atoms with Gasteiger partial charge in [-0.15, -0.1) is 0 Å². The number of alkyl halides is 2. The summed E-state index contributed by atoms with van der Waals surface area (Å²) in [6, 6.07) is 2.71. The van der Waals surface area contributed by atoms with Crippen molar-refractivity contribution in [2.24, 2.45) is 0 Å². The third kappa shape index (κ3) is 1.91. The molecule has 0 unspecified atom stereocenters. The molecule has 3 nitrogen and oxygen atoms in total. The summed E-state index contributed by atoms with van der Waals surface area (Å²) in [5.74, 6) is 0.00259. The van der Waals surface area contributed by atoms with E-state index in [0.717, 1.165) is 6.07 Å². The van der Waals surface area contributed by atoms with E-state index in [1.807, 2.05) is 0 Å². The Morgan fingerprint density at radius 3 is 2.71 bits per heavy atom. The Labute approximate surface area is 83.9 Å². The lowest BCUT2D eigenvalue weighted by atomic mass is 10.2. The van der Waals surface area contributed by atoms with Gasteiger partial charge in [0.2, 0.25) is 0 Å². The van der Waals surface area contributed by atoms with E-state index in [9.17, 15) is 8.78 Å². The van der Waals surface area contributed by atoms with Crippen molar-refractivity contribution in [1.29, 1.82) is 5.26 Å². The zero-order valence-electron chi connectivity index (χ0n) is 7.09. The molecule has 0 radical (unpaired) electrons. The van der Waals surface area contributed by atoms with Crippen molar-refractivity contribution in [3.05, 3.63) is 22.5 Å². The number of nitriles is 1. The zero-order chi connectivity index (χ0) is 10.7. The molecule has 0 atom stereocenters. The summed E-state index contributed by atoms with van der Waals surface area (Å²) < 4.78 is 29.2. The third-order valence-electron chi connectivity index (χ3n) is 1.51. The van der Waals surface area contributed by atoms with Crippen molar-refractivity contribution in [3.63, 3.8) is 0 Å². The fourth-order valence-corrected chi connectivity index (χ4v) is 1.12. The maximum Gasteiger partial charge on any atom is 0.280 e. The number of aromatic nitrogens is 1. The number of hydrogen-bond acceptors (Lipinski definition) is 3. The Kier molecular flexibility index (Phi) is 3.20. The molecule has 0 aliphatic rings. The molecule has 1 aromatic rings. The average Bonchev–Trinajstić information content (AvgIpc) is 2.16. The van der Waals surface area contributed by atoms with Gasteiger partial charge in [-0.05, 0) is 0 Å². The number of rotatable bonds is 2. The van der Waals surface area contributed by atoms with Crippen molar-refractivity contribution in [2.75, 3.05) is 7.11 Å². The molecule has 0 N–H and O–H groups in total. The highest BCUT2D eigenvalue weighted by molar-refractivity contribution is 6.30. The summed E-state index contributed by atoms with van der Waals surface area (Å²) in [7, 11) is 1.27. The number of pyridine rings is 1. The number of methoxy groups -OCH3 is 1. The number of ether oxygens (including phenoxy) is 1. The van der Waals surface area contributed by atoms with Gasteiger partial charge in [0.05, 0.1) is 7.11 Å². The molecule has 0 aliphatic carbocycles. The lowest BCUT2D eigenvalue weighted by molar-refractivity contribution is 0.145. The van der Waals surface area contributed by atoms with E-state index in [4.69, 9.17) is 21.6 Å². The van der Waals surface area contributed by atoms with E-state index < -0.39 is 12.1 Å².